The molecule has 1 aromatic heterocycles. The zero-order chi connectivity index (χ0) is 11.3. The summed E-state index contributed by atoms with van der Waals surface area (Å²) in [6, 6.07) is 3.80. The van der Waals surface area contributed by atoms with Crippen molar-refractivity contribution in [2.45, 2.75) is 19.4 Å². The Balaban J connectivity index is 2.85. The van der Waals surface area contributed by atoms with E-state index in [0.29, 0.717) is 12.2 Å². The van der Waals surface area contributed by atoms with Gasteiger partial charge in [-0.05, 0) is 19.9 Å². The third kappa shape index (κ3) is 3.22. The SMILES string of the molecule is COCC(C)(C)Nc1cnccc1C#N. The molecule has 0 amide bonds. The molecule has 0 unspecified atom stereocenters. The van der Waals surface area contributed by atoms with Crippen LogP contribution in [0.1, 0.15) is 19.4 Å². The van der Waals surface area contributed by atoms with Crippen molar-refractivity contribution in [2.24, 2.45) is 0 Å². The second kappa shape index (κ2) is 4.76. The van der Waals surface area contributed by atoms with Gasteiger partial charge in [-0.1, -0.05) is 0 Å². The van der Waals surface area contributed by atoms with Gasteiger partial charge in [-0.2, -0.15) is 5.26 Å². The number of pyridine rings is 1. The summed E-state index contributed by atoms with van der Waals surface area (Å²) in [7, 11) is 1.65. The van der Waals surface area contributed by atoms with Crippen molar-refractivity contribution < 1.29 is 4.74 Å². The van der Waals surface area contributed by atoms with E-state index >= 15 is 0 Å². The Morgan fingerprint density at radius 3 is 2.93 bits per heavy atom. The van der Waals surface area contributed by atoms with Gasteiger partial charge >= 0.3 is 0 Å². The van der Waals surface area contributed by atoms with Crippen LogP contribution in [0.25, 0.3) is 0 Å². The summed E-state index contributed by atoms with van der Waals surface area (Å²) in [5.41, 5.74) is 1.11. The van der Waals surface area contributed by atoms with Gasteiger partial charge in [0.1, 0.15) is 6.07 Å². The lowest BCUT2D eigenvalue weighted by molar-refractivity contribution is 0.158. The number of ether oxygens (including phenoxy) is 1. The van der Waals surface area contributed by atoms with Crippen LogP contribution in [0.4, 0.5) is 5.69 Å². The van der Waals surface area contributed by atoms with Crippen LogP contribution in [0.15, 0.2) is 18.5 Å². The van der Waals surface area contributed by atoms with Crippen LogP contribution in [-0.4, -0.2) is 24.2 Å². The normalized spacial score (nSPS) is 10.8. The van der Waals surface area contributed by atoms with E-state index < -0.39 is 0 Å². The molecule has 0 atom stereocenters. The monoisotopic (exact) mass is 205 g/mol. The summed E-state index contributed by atoms with van der Waals surface area (Å²) < 4.78 is 5.09. The number of aromatic nitrogens is 1. The Morgan fingerprint density at radius 2 is 2.33 bits per heavy atom. The quantitative estimate of drug-likeness (QED) is 0.814. The molecule has 0 aliphatic carbocycles. The van der Waals surface area contributed by atoms with E-state index in [1.165, 1.54) is 0 Å². The molecule has 0 aliphatic rings. The minimum absolute atomic E-state index is 0.219. The minimum atomic E-state index is -0.219. The van der Waals surface area contributed by atoms with E-state index in [4.69, 9.17) is 10.00 Å². The highest BCUT2D eigenvalue weighted by molar-refractivity contribution is 5.56. The maximum absolute atomic E-state index is 8.90. The largest absolute Gasteiger partial charge is 0.382 e. The van der Waals surface area contributed by atoms with Crippen molar-refractivity contribution in [1.82, 2.24) is 4.98 Å². The molecule has 0 bridgehead atoms. The highest BCUT2D eigenvalue weighted by atomic mass is 16.5. The van der Waals surface area contributed by atoms with E-state index in [1.54, 1.807) is 25.6 Å². The Bertz CT molecular complexity index is 368. The molecular formula is C11H15N3O. The molecule has 4 heteroatoms. The fourth-order valence-electron chi connectivity index (χ4n) is 1.35. The molecule has 1 heterocycles. The van der Waals surface area contributed by atoms with Crippen molar-refractivity contribution >= 4 is 5.69 Å². The number of hydrogen-bond donors (Lipinski definition) is 1. The van der Waals surface area contributed by atoms with Crippen LogP contribution in [0.3, 0.4) is 0 Å². The average Bonchev–Trinajstić information content (AvgIpc) is 2.17. The summed E-state index contributed by atoms with van der Waals surface area (Å²) >= 11 is 0. The number of anilines is 1. The van der Waals surface area contributed by atoms with Crippen LogP contribution >= 0.6 is 0 Å². The van der Waals surface area contributed by atoms with Gasteiger partial charge in [-0.3, -0.25) is 4.98 Å². The van der Waals surface area contributed by atoms with Gasteiger partial charge in [0, 0.05) is 13.3 Å². The van der Waals surface area contributed by atoms with Crippen LogP contribution < -0.4 is 5.32 Å². The lowest BCUT2D eigenvalue weighted by Crippen LogP contribution is -2.36. The summed E-state index contributed by atoms with van der Waals surface area (Å²) in [6.45, 7) is 4.57. The Kier molecular flexibility index (Phi) is 3.64. The topological polar surface area (TPSA) is 57.9 Å². The predicted octanol–water partition coefficient (Wildman–Crippen LogP) is 1.79. The van der Waals surface area contributed by atoms with Gasteiger partial charge in [0.25, 0.3) is 0 Å². The fraction of sp³-hybridized carbons (Fsp3) is 0.455. The molecule has 1 aromatic rings. The van der Waals surface area contributed by atoms with Gasteiger partial charge in [0.2, 0.25) is 0 Å². The van der Waals surface area contributed by atoms with Crippen molar-refractivity contribution in [3.8, 4) is 6.07 Å². The Labute approximate surface area is 89.9 Å². The van der Waals surface area contributed by atoms with E-state index in [0.717, 1.165) is 5.69 Å². The number of nitriles is 1. The highest BCUT2D eigenvalue weighted by Gasteiger charge is 2.18. The molecule has 0 aromatic carbocycles. The number of nitrogens with one attached hydrogen (secondary N) is 1. The highest BCUT2D eigenvalue weighted by Crippen LogP contribution is 2.18. The summed E-state index contributed by atoms with van der Waals surface area (Å²) in [5.74, 6) is 0. The number of rotatable bonds is 4. The molecule has 0 saturated carbocycles. The van der Waals surface area contributed by atoms with Gasteiger partial charge in [0.15, 0.2) is 0 Å². The van der Waals surface area contributed by atoms with Crippen molar-refractivity contribution in [3.05, 3.63) is 24.0 Å². The van der Waals surface area contributed by atoms with Crippen molar-refractivity contribution in [1.29, 1.82) is 5.26 Å². The van der Waals surface area contributed by atoms with Crippen LogP contribution in [0.2, 0.25) is 0 Å². The first kappa shape index (κ1) is 11.5. The van der Waals surface area contributed by atoms with Crippen molar-refractivity contribution in [2.75, 3.05) is 19.0 Å². The second-order valence-corrected chi connectivity index (χ2v) is 3.97. The third-order valence-corrected chi connectivity index (χ3v) is 1.92. The molecule has 80 valence electrons. The van der Waals surface area contributed by atoms with E-state index in [-0.39, 0.29) is 5.54 Å². The molecule has 0 aliphatic heterocycles. The molecule has 0 saturated heterocycles. The smallest absolute Gasteiger partial charge is 0.101 e. The molecule has 0 radical (unpaired) electrons. The van der Waals surface area contributed by atoms with Crippen LogP contribution in [0, 0.1) is 11.3 Å². The molecule has 0 fully saturated rings. The van der Waals surface area contributed by atoms with Crippen LogP contribution in [-0.2, 0) is 4.74 Å². The molecule has 0 spiro atoms. The predicted molar refractivity (Wildman–Crippen MR) is 58.5 cm³/mol. The first-order valence-corrected chi connectivity index (χ1v) is 4.70. The fourth-order valence-corrected chi connectivity index (χ4v) is 1.35. The Hall–Kier alpha value is -1.60. The zero-order valence-electron chi connectivity index (χ0n) is 9.24. The average molecular weight is 205 g/mol. The first-order chi connectivity index (χ1) is 7.09. The van der Waals surface area contributed by atoms with Crippen LogP contribution in [0.5, 0.6) is 0 Å². The zero-order valence-corrected chi connectivity index (χ0v) is 9.24. The summed E-state index contributed by atoms with van der Waals surface area (Å²) in [5, 5.41) is 12.1. The van der Waals surface area contributed by atoms with Gasteiger partial charge in [-0.15, -0.1) is 0 Å². The van der Waals surface area contributed by atoms with Gasteiger partial charge in [-0.25, -0.2) is 0 Å². The third-order valence-electron chi connectivity index (χ3n) is 1.92. The standard InChI is InChI=1S/C11H15N3O/c1-11(2,8-15-3)14-10-7-13-5-4-9(10)6-12/h4-5,7,14H,8H2,1-3H3. The summed E-state index contributed by atoms with van der Waals surface area (Å²) in [6.07, 6.45) is 3.25. The van der Waals surface area contributed by atoms with E-state index in [2.05, 4.69) is 16.4 Å². The molecule has 4 nitrogen and oxygen atoms in total. The van der Waals surface area contributed by atoms with Gasteiger partial charge < -0.3 is 10.1 Å². The first-order valence-electron chi connectivity index (χ1n) is 4.70. The molecule has 1 rings (SSSR count). The second-order valence-electron chi connectivity index (χ2n) is 3.97. The van der Waals surface area contributed by atoms with E-state index in [9.17, 15) is 0 Å². The summed E-state index contributed by atoms with van der Waals surface area (Å²) in [4.78, 5) is 3.98. The van der Waals surface area contributed by atoms with E-state index in [1.807, 2.05) is 13.8 Å². The van der Waals surface area contributed by atoms with Crippen molar-refractivity contribution in [3.63, 3.8) is 0 Å². The maximum Gasteiger partial charge on any atom is 0.101 e. The minimum Gasteiger partial charge on any atom is -0.382 e. The lowest BCUT2D eigenvalue weighted by Gasteiger charge is -2.26. The number of hydrogen-bond acceptors (Lipinski definition) is 4. The molecular weight excluding hydrogens is 190 g/mol. The number of nitrogens with zero attached hydrogens (tertiary/aromatic N) is 2. The lowest BCUT2D eigenvalue weighted by atomic mass is 10.1. The maximum atomic E-state index is 8.90. The van der Waals surface area contributed by atoms with Gasteiger partial charge in [0.05, 0.1) is 29.6 Å². The Morgan fingerprint density at radius 1 is 1.60 bits per heavy atom. The molecule has 15 heavy (non-hydrogen) atoms. The molecule has 1 N–H and O–H groups in total. The number of methoxy groups -OCH3 is 1.